The molecule has 0 aliphatic heterocycles. The van der Waals surface area contributed by atoms with E-state index >= 15 is 0 Å². The van der Waals surface area contributed by atoms with Crippen molar-refractivity contribution in [2.75, 3.05) is 18.9 Å². The lowest BCUT2D eigenvalue weighted by atomic mass is 10.1. The van der Waals surface area contributed by atoms with E-state index in [1.54, 1.807) is 0 Å². The Bertz CT molecular complexity index is 110. The number of rotatable bonds is 4. The van der Waals surface area contributed by atoms with E-state index in [-0.39, 0.29) is 5.54 Å². The standard InChI is InChI=1S/C8H16BrN/c1-5-6-10(4)8(2,3)7-9/h5H,1,6-7H2,2-4H3. The molecule has 0 aromatic rings. The zero-order chi connectivity index (χ0) is 8.20. The SMILES string of the molecule is C=CCN(C)C(C)(C)CBr. The van der Waals surface area contributed by atoms with Gasteiger partial charge in [-0.25, -0.2) is 0 Å². The molecule has 10 heavy (non-hydrogen) atoms. The highest BCUT2D eigenvalue weighted by molar-refractivity contribution is 9.09. The Balaban J connectivity index is 3.89. The van der Waals surface area contributed by atoms with Crippen molar-refractivity contribution in [1.29, 1.82) is 0 Å². The summed E-state index contributed by atoms with van der Waals surface area (Å²) < 4.78 is 0. The van der Waals surface area contributed by atoms with Crippen LogP contribution in [0.1, 0.15) is 13.8 Å². The second-order valence-electron chi connectivity index (χ2n) is 3.12. The van der Waals surface area contributed by atoms with E-state index in [1.807, 2.05) is 6.08 Å². The molecule has 0 fully saturated rings. The first kappa shape index (κ1) is 10.2. The first-order valence-corrected chi connectivity index (χ1v) is 4.55. The van der Waals surface area contributed by atoms with Crippen LogP contribution in [0.25, 0.3) is 0 Å². The predicted molar refractivity (Wildman–Crippen MR) is 50.7 cm³/mol. The molecule has 0 aromatic heterocycles. The van der Waals surface area contributed by atoms with E-state index in [1.165, 1.54) is 0 Å². The van der Waals surface area contributed by atoms with E-state index in [9.17, 15) is 0 Å². The van der Waals surface area contributed by atoms with Crippen molar-refractivity contribution in [3.05, 3.63) is 12.7 Å². The van der Waals surface area contributed by atoms with Gasteiger partial charge in [0.15, 0.2) is 0 Å². The Morgan fingerprint density at radius 3 is 2.40 bits per heavy atom. The summed E-state index contributed by atoms with van der Waals surface area (Å²) in [7, 11) is 2.10. The molecule has 0 radical (unpaired) electrons. The first-order valence-electron chi connectivity index (χ1n) is 3.42. The van der Waals surface area contributed by atoms with Gasteiger partial charge in [0.2, 0.25) is 0 Å². The van der Waals surface area contributed by atoms with Crippen LogP contribution in [0.15, 0.2) is 12.7 Å². The number of likely N-dealkylation sites (N-methyl/N-ethyl adjacent to an activating group) is 1. The fourth-order valence-corrected chi connectivity index (χ4v) is 0.971. The van der Waals surface area contributed by atoms with Crippen LogP contribution < -0.4 is 0 Å². The monoisotopic (exact) mass is 205 g/mol. The molecule has 0 amide bonds. The Hall–Kier alpha value is 0.180. The Morgan fingerprint density at radius 1 is 1.60 bits per heavy atom. The van der Waals surface area contributed by atoms with Gasteiger partial charge in [0, 0.05) is 17.4 Å². The number of hydrogen-bond acceptors (Lipinski definition) is 1. The number of nitrogens with zero attached hydrogens (tertiary/aromatic N) is 1. The van der Waals surface area contributed by atoms with E-state index in [0.29, 0.717) is 0 Å². The predicted octanol–water partition coefficient (Wildman–Crippen LogP) is 2.28. The van der Waals surface area contributed by atoms with Gasteiger partial charge >= 0.3 is 0 Å². The van der Waals surface area contributed by atoms with Gasteiger partial charge in [0.05, 0.1) is 0 Å². The van der Waals surface area contributed by atoms with Crippen LogP contribution in [0.4, 0.5) is 0 Å². The topological polar surface area (TPSA) is 3.24 Å². The van der Waals surface area contributed by atoms with Gasteiger partial charge in [-0.2, -0.15) is 0 Å². The molecule has 0 aliphatic rings. The summed E-state index contributed by atoms with van der Waals surface area (Å²) in [5.41, 5.74) is 0.230. The fourth-order valence-electron chi connectivity index (χ4n) is 0.543. The average molecular weight is 206 g/mol. The van der Waals surface area contributed by atoms with Crippen LogP contribution in [0, 0.1) is 0 Å². The molecule has 0 saturated carbocycles. The van der Waals surface area contributed by atoms with E-state index in [2.05, 4.69) is 48.3 Å². The molecule has 0 aliphatic carbocycles. The molecule has 0 N–H and O–H groups in total. The molecule has 0 spiro atoms. The molecular formula is C8H16BrN. The smallest absolute Gasteiger partial charge is 0.0250 e. The summed E-state index contributed by atoms with van der Waals surface area (Å²) in [4.78, 5) is 2.26. The molecule has 0 heterocycles. The van der Waals surface area contributed by atoms with Gasteiger partial charge < -0.3 is 0 Å². The van der Waals surface area contributed by atoms with Crippen molar-refractivity contribution in [2.24, 2.45) is 0 Å². The minimum atomic E-state index is 0.230. The minimum absolute atomic E-state index is 0.230. The maximum Gasteiger partial charge on any atom is 0.0250 e. The molecule has 0 atom stereocenters. The molecule has 0 unspecified atom stereocenters. The Kier molecular flexibility index (Phi) is 4.22. The van der Waals surface area contributed by atoms with Crippen molar-refractivity contribution in [3.63, 3.8) is 0 Å². The van der Waals surface area contributed by atoms with Crippen molar-refractivity contribution < 1.29 is 0 Å². The third-order valence-corrected chi connectivity index (χ3v) is 3.14. The van der Waals surface area contributed by atoms with Crippen molar-refractivity contribution >= 4 is 15.9 Å². The second-order valence-corrected chi connectivity index (χ2v) is 3.68. The summed E-state index contributed by atoms with van der Waals surface area (Å²) in [5, 5.41) is 0.990. The molecular weight excluding hydrogens is 190 g/mol. The third kappa shape index (κ3) is 2.84. The highest BCUT2D eigenvalue weighted by Crippen LogP contribution is 2.14. The van der Waals surface area contributed by atoms with Crippen LogP contribution in [-0.4, -0.2) is 29.4 Å². The summed E-state index contributed by atoms with van der Waals surface area (Å²) >= 11 is 3.47. The zero-order valence-electron chi connectivity index (χ0n) is 7.02. The van der Waals surface area contributed by atoms with Gasteiger partial charge in [-0.1, -0.05) is 22.0 Å². The van der Waals surface area contributed by atoms with E-state index < -0.39 is 0 Å². The van der Waals surface area contributed by atoms with Gasteiger partial charge in [0.25, 0.3) is 0 Å². The minimum Gasteiger partial charge on any atom is -0.297 e. The van der Waals surface area contributed by atoms with Crippen molar-refractivity contribution in [1.82, 2.24) is 4.90 Å². The lowest BCUT2D eigenvalue weighted by molar-refractivity contribution is 0.202. The van der Waals surface area contributed by atoms with Crippen LogP contribution >= 0.6 is 15.9 Å². The summed E-state index contributed by atoms with van der Waals surface area (Å²) in [6, 6.07) is 0. The van der Waals surface area contributed by atoms with Crippen molar-refractivity contribution in [3.8, 4) is 0 Å². The zero-order valence-corrected chi connectivity index (χ0v) is 8.61. The maximum absolute atomic E-state index is 3.69. The molecule has 0 aromatic carbocycles. The largest absolute Gasteiger partial charge is 0.297 e. The van der Waals surface area contributed by atoms with Crippen molar-refractivity contribution in [2.45, 2.75) is 19.4 Å². The number of hydrogen-bond donors (Lipinski definition) is 0. The molecule has 1 nitrogen and oxygen atoms in total. The molecule has 2 heteroatoms. The Labute approximate surface area is 72.2 Å². The first-order chi connectivity index (χ1) is 4.54. The molecule has 0 saturated heterocycles. The fraction of sp³-hybridized carbons (Fsp3) is 0.750. The quantitative estimate of drug-likeness (QED) is 0.503. The maximum atomic E-state index is 3.69. The van der Waals surface area contributed by atoms with Crippen LogP contribution in [0.2, 0.25) is 0 Å². The lowest BCUT2D eigenvalue weighted by Crippen LogP contribution is -2.42. The molecule has 0 bridgehead atoms. The van der Waals surface area contributed by atoms with Gasteiger partial charge in [-0.3, -0.25) is 4.90 Å². The van der Waals surface area contributed by atoms with Crippen LogP contribution in [-0.2, 0) is 0 Å². The van der Waals surface area contributed by atoms with Crippen LogP contribution in [0.5, 0.6) is 0 Å². The number of alkyl halides is 1. The Morgan fingerprint density at radius 2 is 2.10 bits per heavy atom. The number of halogens is 1. The normalized spacial score (nSPS) is 12.1. The van der Waals surface area contributed by atoms with E-state index in [4.69, 9.17) is 0 Å². The summed E-state index contributed by atoms with van der Waals surface area (Å²) in [6.45, 7) is 9.03. The van der Waals surface area contributed by atoms with Crippen LogP contribution in [0.3, 0.4) is 0 Å². The highest BCUT2D eigenvalue weighted by Gasteiger charge is 2.20. The van der Waals surface area contributed by atoms with Gasteiger partial charge in [-0.15, -0.1) is 6.58 Å². The average Bonchev–Trinajstić information content (AvgIpc) is 1.89. The lowest BCUT2D eigenvalue weighted by Gasteiger charge is -2.32. The molecule has 0 rings (SSSR count). The second kappa shape index (κ2) is 4.14. The summed E-state index contributed by atoms with van der Waals surface area (Å²) in [6.07, 6.45) is 1.92. The third-order valence-electron chi connectivity index (χ3n) is 1.76. The van der Waals surface area contributed by atoms with E-state index in [0.717, 1.165) is 11.9 Å². The van der Waals surface area contributed by atoms with Gasteiger partial charge in [-0.05, 0) is 20.9 Å². The summed E-state index contributed by atoms with van der Waals surface area (Å²) in [5.74, 6) is 0. The molecule has 60 valence electrons. The highest BCUT2D eigenvalue weighted by atomic mass is 79.9. The van der Waals surface area contributed by atoms with Gasteiger partial charge in [0.1, 0.15) is 0 Å².